The van der Waals surface area contributed by atoms with Gasteiger partial charge in [-0.3, -0.25) is 19.2 Å². The molecular formula is C12H7NO4. The number of hydrogen-bond donors (Lipinski definition) is 1. The molecule has 2 aromatic carbocycles. The first-order chi connectivity index (χ1) is 8.00. The van der Waals surface area contributed by atoms with Crippen LogP contribution in [0.25, 0.3) is 11.1 Å². The average molecular weight is 229 g/mol. The van der Waals surface area contributed by atoms with E-state index in [9.17, 15) is 19.2 Å². The maximum atomic E-state index is 11.4. The molecule has 84 valence electrons. The predicted octanol–water partition coefficient (Wildman–Crippen LogP) is -0.591. The lowest BCUT2D eigenvalue weighted by Crippen LogP contribution is -2.29. The molecule has 0 bridgehead atoms. The summed E-state index contributed by atoms with van der Waals surface area (Å²) >= 11 is 0. The van der Waals surface area contributed by atoms with Crippen LogP contribution in [-0.4, -0.2) is 5.91 Å². The molecule has 5 heteroatoms. The van der Waals surface area contributed by atoms with Crippen LogP contribution in [0.5, 0.6) is 0 Å². The molecular weight excluding hydrogens is 222 g/mol. The monoisotopic (exact) mass is 229 g/mol. The summed E-state index contributed by atoms with van der Waals surface area (Å²) in [6, 6.07) is 6.89. The molecule has 2 N–H and O–H groups in total. The summed E-state index contributed by atoms with van der Waals surface area (Å²) < 4.78 is 0. The summed E-state index contributed by atoms with van der Waals surface area (Å²) in [4.78, 5) is 44.5. The maximum Gasteiger partial charge on any atom is 0.273 e. The number of rotatable bonds is 2. The zero-order chi connectivity index (χ0) is 12.6. The number of benzene rings is 1. The van der Waals surface area contributed by atoms with Gasteiger partial charge in [0.1, 0.15) is 0 Å². The van der Waals surface area contributed by atoms with Crippen molar-refractivity contribution in [2.75, 3.05) is 0 Å². The smallest absolute Gasteiger partial charge is 0.273 e. The number of carbonyl (C=O) groups is 1. The molecule has 0 spiro atoms. The number of nitrogens with two attached hydrogens (primary N) is 1. The van der Waals surface area contributed by atoms with Gasteiger partial charge in [0.25, 0.3) is 5.43 Å². The number of carbonyl (C=O) groups excluding carboxylic acids is 1. The van der Waals surface area contributed by atoms with Crippen LogP contribution in [0.3, 0.4) is 0 Å². The Labute approximate surface area is 94.8 Å². The highest BCUT2D eigenvalue weighted by Gasteiger charge is 2.12. The molecule has 0 aliphatic rings. The highest BCUT2D eigenvalue weighted by atomic mass is 16.2. The van der Waals surface area contributed by atoms with Gasteiger partial charge in [0.05, 0.1) is 0 Å². The largest absolute Gasteiger partial charge is 0.366 e. The molecule has 0 aromatic heterocycles. The van der Waals surface area contributed by atoms with E-state index in [1.165, 1.54) is 24.3 Å². The third-order valence-corrected chi connectivity index (χ3v) is 2.41. The number of primary amides is 1. The molecule has 0 saturated carbocycles. The Morgan fingerprint density at radius 1 is 1.00 bits per heavy atom. The summed E-state index contributed by atoms with van der Waals surface area (Å²) in [5.41, 5.74) is 2.91. The van der Waals surface area contributed by atoms with Gasteiger partial charge in [-0.1, -0.05) is 12.1 Å². The van der Waals surface area contributed by atoms with Gasteiger partial charge in [-0.15, -0.1) is 0 Å². The van der Waals surface area contributed by atoms with Crippen LogP contribution in [0.4, 0.5) is 0 Å². The predicted molar refractivity (Wildman–Crippen MR) is 61.6 cm³/mol. The van der Waals surface area contributed by atoms with Crippen LogP contribution in [0.2, 0.25) is 0 Å². The molecule has 0 heterocycles. The van der Waals surface area contributed by atoms with Gasteiger partial charge in [0, 0.05) is 17.2 Å². The van der Waals surface area contributed by atoms with E-state index in [0.29, 0.717) is 5.56 Å². The second-order valence-corrected chi connectivity index (χ2v) is 3.53. The number of hydrogen-bond acceptors (Lipinski definition) is 4. The summed E-state index contributed by atoms with van der Waals surface area (Å²) in [6.07, 6.45) is 0. The van der Waals surface area contributed by atoms with Gasteiger partial charge in [0.2, 0.25) is 16.8 Å². The van der Waals surface area contributed by atoms with Crippen LogP contribution in [-0.2, 0) is 0 Å². The molecule has 0 fully saturated rings. The third-order valence-electron chi connectivity index (χ3n) is 2.41. The van der Waals surface area contributed by atoms with E-state index in [2.05, 4.69) is 0 Å². The van der Waals surface area contributed by atoms with E-state index in [-0.39, 0.29) is 11.1 Å². The fourth-order valence-electron chi connectivity index (χ4n) is 1.55. The van der Waals surface area contributed by atoms with Crippen molar-refractivity contribution >= 4 is 5.91 Å². The van der Waals surface area contributed by atoms with Gasteiger partial charge in [-0.25, -0.2) is 0 Å². The van der Waals surface area contributed by atoms with Gasteiger partial charge in [0.15, 0.2) is 0 Å². The molecule has 2 rings (SSSR count). The van der Waals surface area contributed by atoms with Crippen LogP contribution < -0.4 is 22.0 Å². The minimum absolute atomic E-state index is 0.00287. The molecule has 0 unspecified atom stereocenters. The standard InChI is InChI=1S/C12H7NO4/c13-12(17)7-3-1-2-6(4-7)8-5-9(14)11(16)10(8)15/h1-5H,(H2,13,17). The lowest BCUT2D eigenvalue weighted by Gasteiger charge is -1.99. The Kier molecular flexibility index (Phi) is 2.44. The molecule has 0 aliphatic carbocycles. The summed E-state index contributed by atoms with van der Waals surface area (Å²) in [6.45, 7) is 0. The molecule has 0 saturated heterocycles. The summed E-state index contributed by atoms with van der Waals surface area (Å²) in [7, 11) is 0. The molecule has 17 heavy (non-hydrogen) atoms. The van der Waals surface area contributed by atoms with E-state index < -0.39 is 22.2 Å². The van der Waals surface area contributed by atoms with E-state index in [1.54, 1.807) is 0 Å². The van der Waals surface area contributed by atoms with Crippen molar-refractivity contribution in [2.24, 2.45) is 5.73 Å². The zero-order valence-electron chi connectivity index (χ0n) is 8.60. The topological polar surface area (TPSA) is 94.3 Å². The Morgan fingerprint density at radius 3 is 2.24 bits per heavy atom. The van der Waals surface area contributed by atoms with Gasteiger partial charge in [-0.05, 0) is 17.7 Å². The van der Waals surface area contributed by atoms with Crippen molar-refractivity contribution in [3.05, 3.63) is 66.6 Å². The minimum atomic E-state index is -1.05. The van der Waals surface area contributed by atoms with Crippen molar-refractivity contribution < 1.29 is 4.79 Å². The lowest BCUT2D eigenvalue weighted by molar-refractivity contribution is 0.100. The SMILES string of the molecule is NC(=O)c1cccc(-c2cc(=O)c(=O)c2=O)c1. The average Bonchev–Trinajstić information content (AvgIpc) is 2.57. The fraction of sp³-hybridized carbons (Fsp3) is 0. The van der Waals surface area contributed by atoms with E-state index >= 15 is 0 Å². The molecule has 0 atom stereocenters. The molecule has 2 aromatic rings. The lowest BCUT2D eigenvalue weighted by atomic mass is 10.1. The Hall–Kier alpha value is -2.56. The summed E-state index contributed by atoms with van der Waals surface area (Å²) in [5, 5.41) is 0. The van der Waals surface area contributed by atoms with Gasteiger partial charge >= 0.3 is 0 Å². The molecule has 5 nitrogen and oxygen atoms in total. The first-order valence-corrected chi connectivity index (χ1v) is 4.75. The van der Waals surface area contributed by atoms with Gasteiger partial charge in [-0.2, -0.15) is 0 Å². The third kappa shape index (κ3) is 1.78. The van der Waals surface area contributed by atoms with Crippen molar-refractivity contribution in [2.45, 2.75) is 0 Å². The van der Waals surface area contributed by atoms with Crippen LogP contribution in [0, 0.1) is 0 Å². The van der Waals surface area contributed by atoms with E-state index in [1.807, 2.05) is 0 Å². The van der Waals surface area contributed by atoms with Crippen molar-refractivity contribution in [1.29, 1.82) is 0 Å². The number of amides is 1. The molecule has 0 radical (unpaired) electrons. The summed E-state index contributed by atoms with van der Waals surface area (Å²) in [5.74, 6) is -0.643. The zero-order valence-corrected chi connectivity index (χ0v) is 8.60. The first kappa shape index (κ1) is 10.9. The molecule has 1 amide bonds. The second kappa shape index (κ2) is 3.79. The Balaban J connectivity index is 2.69. The van der Waals surface area contributed by atoms with Gasteiger partial charge < -0.3 is 5.73 Å². The van der Waals surface area contributed by atoms with Crippen LogP contribution in [0.1, 0.15) is 10.4 Å². The molecule has 0 aliphatic heterocycles. The first-order valence-electron chi connectivity index (χ1n) is 4.75. The highest BCUT2D eigenvalue weighted by Crippen LogP contribution is 2.15. The highest BCUT2D eigenvalue weighted by molar-refractivity contribution is 5.94. The minimum Gasteiger partial charge on any atom is -0.366 e. The van der Waals surface area contributed by atoms with E-state index in [0.717, 1.165) is 6.07 Å². The normalized spacial score (nSPS) is 10.4. The second-order valence-electron chi connectivity index (χ2n) is 3.53. The Bertz CT molecular complexity index is 739. The van der Waals surface area contributed by atoms with Crippen LogP contribution >= 0.6 is 0 Å². The Morgan fingerprint density at radius 2 is 1.71 bits per heavy atom. The maximum absolute atomic E-state index is 11.4. The quantitative estimate of drug-likeness (QED) is 0.696. The van der Waals surface area contributed by atoms with Crippen molar-refractivity contribution in [3.63, 3.8) is 0 Å². The van der Waals surface area contributed by atoms with E-state index in [4.69, 9.17) is 5.73 Å². The van der Waals surface area contributed by atoms with Crippen molar-refractivity contribution in [1.82, 2.24) is 0 Å². The fourth-order valence-corrected chi connectivity index (χ4v) is 1.55. The van der Waals surface area contributed by atoms with Crippen molar-refractivity contribution in [3.8, 4) is 11.1 Å². The van der Waals surface area contributed by atoms with Crippen LogP contribution in [0.15, 0.2) is 44.7 Å².